The maximum absolute atomic E-state index is 14.2. The molecule has 0 aliphatic carbocycles. The SMILES string of the molecule is Cc1cc(P(=O)(c2ccccc2)c2ccccc2)cc2c1OC(F)(F)O2. The normalized spacial score (nSPS) is 15.0. The Kier molecular flexibility index (Phi) is 3.85. The van der Waals surface area contributed by atoms with Crippen LogP contribution in [-0.4, -0.2) is 6.29 Å². The predicted octanol–water partition coefficient (Wildman–Crippen LogP) is 3.96. The van der Waals surface area contributed by atoms with E-state index in [1.54, 1.807) is 61.5 Å². The van der Waals surface area contributed by atoms with Gasteiger partial charge < -0.3 is 14.0 Å². The summed E-state index contributed by atoms with van der Waals surface area (Å²) in [6.07, 6.45) is -3.71. The maximum Gasteiger partial charge on any atom is 0.586 e. The molecule has 1 aliphatic rings. The van der Waals surface area contributed by atoms with Crippen molar-refractivity contribution in [3.05, 3.63) is 78.4 Å². The second-order valence-corrected chi connectivity index (χ2v) is 8.81. The maximum atomic E-state index is 14.2. The lowest BCUT2D eigenvalue weighted by Crippen LogP contribution is -2.26. The van der Waals surface area contributed by atoms with Crippen LogP contribution in [0.15, 0.2) is 72.8 Å². The Labute approximate surface area is 149 Å². The van der Waals surface area contributed by atoms with Crippen molar-refractivity contribution in [1.82, 2.24) is 0 Å². The van der Waals surface area contributed by atoms with Gasteiger partial charge >= 0.3 is 6.29 Å². The Morgan fingerprint density at radius 3 is 1.88 bits per heavy atom. The largest absolute Gasteiger partial charge is 0.586 e. The molecular formula is C20H15F2O3P. The molecule has 0 radical (unpaired) electrons. The van der Waals surface area contributed by atoms with E-state index in [9.17, 15) is 13.3 Å². The molecule has 0 amide bonds. The Morgan fingerprint density at radius 1 is 0.808 bits per heavy atom. The standard InChI is InChI=1S/C20H15F2O3P/c1-14-12-17(13-18-19(14)25-20(21,22)24-18)26(23,15-8-4-2-5-9-15)16-10-6-3-7-11-16/h2-13H,1H3. The molecule has 3 aromatic carbocycles. The summed E-state index contributed by atoms with van der Waals surface area (Å²) >= 11 is 0. The number of ether oxygens (including phenoxy) is 2. The number of aryl methyl sites for hydroxylation is 1. The molecule has 26 heavy (non-hydrogen) atoms. The summed E-state index contributed by atoms with van der Waals surface area (Å²) in [6, 6.07) is 21.0. The molecule has 4 rings (SSSR count). The molecule has 0 bridgehead atoms. The zero-order valence-electron chi connectivity index (χ0n) is 13.9. The summed E-state index contributed by atoms with van der Waals surface area (Å²) in [5.41, 5.74) is 0.446. The van der Waals surface area contributed by atoms with Crippen LogP contribution in [0.3, 0.4) is 0 Å². The zero-order chi connectivity index (χ0) is 18.4. The Morgan fingerprint density at radius 2 is 1.35 bits per heavy atom. The van der Waals surface area contributed by atoms with Gasteiger partial charge in [-0.25, -0.2) is 0 Å². The molecule has 1 heterocycles. The number of hydrogen-bond donors (Lipinski definition) is 0. The first-order chi connectivity index (χ1) is 12.4. The van der Waals surface area contributed by atoms with E-state index in [1.165, 1.54) is 6.07 Å². The topological polar surface area (TPSA) is 35.5 Å². The van der Waals surface area contributed by atoms with Crippen LogP contribution in [0.4, 0.5) is 8.78 Å². The average molecular weight is 372 g/mol. The van der Waals surface area contributed by atoms with Gasteiger partial charge in [-0.2, -0.15) is 0 Å². The fourth-order valence-corrected chi connectivity index (χ4v) is 5.86. The molecule has 0 atom stereocenters. The van der Waals surface area contributed by atoms with Crippen molar-refractivity contribution in [2.24, 2.45) is 0 Å². The molecule has 0 unspecified atom stereocenters. The summed E-state index contributed by atoms with van der Waals surface area (Å²) < 4.78 is 50.4. The van der Waals surface area contributed by atoms with Gasteiger partial charge in [0.15, 0.2) is 18.6 Å². The summed E-state index contributed by atoms with van der Waals surface area (Å²) in [4.78, 5) is 0. The number of halogens is 2. The van der Waals surface area contributed by atoms with Gasteiger partial charge in [-0.15, -0.1) is 8.78 Å². The second-order valence-electron chi connectivity index (χ2n) is 6.04. The van der Waals surface area contributed by atoms with Crippen molar-refractivity contribution in [2.75, 3.05) is 0 Å². The lowest BCUT2D eigenvalue weighted by atomic mass is 10.2. The third-order valence-electron chi connectivity index (χ3n) is 4.28. The highest BCUT2D eigenvalue weighted by molar-refractivity contribution is 7.85. The molecule has 0 N–H and O–H groups in total. The molecule has 0 spiro atoms. The molecule has 0 saturated heterocycles. The Balaban J connectivity index is 1.96. The van der Waals surface area contributed by atoms with Crippen LogP contribution in [0, 0.1) is 6.92 Å². The van der Waals surface area contributed by atoms with E-state index < -0.39 is 13.4 Å². The molecule has 6 heteroatoms. The molecular weight excluding hydrogens is 357 g/mol. The zero-order valence-corrected chi connectivity index (χ0v) is 14.8. The molecule has 0 saturated carbocycles. The first kappa shape index (κ1) is 16.8. The van der Waals surface area contributed by atoms with E-state index in [2.05, 4.69) is 9.47 Å². The fraction of sp³-hybridized carbons (Fsp3) is 0.100. The Hall–Kier alpha value is -2.65. The number of rotatable bonds is 3. The first-order valence-corrected chi connectivity index (χ1v) is 9.73. The van der Waals surface area contributed by atoms with Crippen LogP contribution in [0.1, 0.15) is 5.56 Å². The minimum Gasteiger partial charge on any atom is -0.395 e. The van der Waals surface area contributed by atoms with Crippen molar-refractivity contribution in [3.63, 3.8) is 0 Å². The van der Waals surface area contributed by atoms with Crippen molar-refractivity contribution < 1.29 is 22.8 Å². The monoisotopic (exact) mass is 372 g/mol. The van der Waals surface area contributed by atoms with E-state index in [-0.39, 0.29) is 11.5 Å². The lowest BCUT2D eigenvalue weighted by Gasteiger charge is -2.20. The molecule has 1 aliphatic heterocycles. The van der Waals surface area contributed by atoms with Crippen LogP contribution < -0.4 is 25.4 Å². The molecule has 132 valence electrons. The first-order valence-electron chi connectivity index (χ1n) is 8.02. The highest BCUT2D eigenvalue weighted by Crippen LogP contribution is 2.48. The van der Waals surface area contributed by atoms with Crippen LogP contribution >= 0.6 is 7.14 Å². The summed E-state index contributed by atoms with van der Waals surface area (Å²) in [5.74, 6) is -0.122. The Bertz CT molecular complexity index is 961. The third-order valence-corrected chi connectivity index (χ3v) is 7.31. The van der Waals surface area contributed by atoms with Gasteiger partial charge in [0.25, 0.3) is 0 Å². The summed E-state index contributed by atoms with van der Waals surface area (Å²) in [5, 5.41) is 1.67. The van der Waals surface area contributed by atoms with Crippen LogP contribution in [0.5, 0.6) is 11.5 Å². The second kappa shape index (κ2) is 5.96. The van der Waals surface area contributed by atoms with Crippen molar-refractivity contribution >= 4 is 23.1 Å². The van der Waals surface area contributed by atoms with E-state index in [0.29, 0.717) is 21.5 Å². The van der Waals surface area contributed by atoms with Gasteiger partial charge in [0.05, 0.1) is 0 Å². The van der Waals surface area contributed by atoms with Crippen molar-refractivity contribution in [3.8, 4) is 11.5 Å². The predicted molar refractivity (Wildman–Crippen MR) is 96.8 cm³/mol. The van der Waals surface area contributed by atoms with Crippen LogP contribution in [0.2, 0.25) is 0 Å². The number of hydrogen-bond acceptors (Lipinski definition) is 3. The summed E-state index contributed by atoms with van der Waals surface area (Å²) in [6.45, 7) is 1.63. The highest BCUT2D eigenvalue weighted by Gasteiger charge is 2.45. The lowest BCUT2D eigenvalue weighted by molar-refractivity contribution is -0.286. The number of alkyl halides is 2. The molecule has 3 nitrogen and oxygen atoms in total. The van der Waals surface area contributed by atoms with Crippen molar-refractivity contribution in [2.45, 2.75) is 13.2 Å². The molecule has 0 aromatic heterocycles. The van der Waals surface area contributed by atoms with Crippen molar-refractivity contribution in [1.29, 1.82) is 0 Å². The smallest absolute Gasteiger partial charge is 0.395 e. The van der Waals surface area contributed by atoms with E-state index in [1.807, 2.05) is 12.1 Å². The van der Waals surface area contributed by atoms with E-state index in [0.717, 1.165) is 0 Å². The van der Waals surface area contributed by atoms with Gasteiger partial charge in [0.1, 0.15) is 0 Å². The highest BCUT2D eigenvalue weighted by atomic mass is 31.2. The van der Waals surface area contributed by atoms with Gasteiger partial charge in [-0.05, 0) is 24.6 Å². The quantitative estimate of drug-likeness (QED) is 0.653. The average Bonchev–Trinajstić information content (AvgIpc) is 2.97. The van der Waals surface area contributed by atoms with Gasteiger partial charge in [-0.1, -0.05) is 60.7 Å². The third kappa shape index (κ3) is 2.69. The van der Waals surface area contributed by atoms with Crippen LogP contribution in [-0.2, 0) is 4.57 Å². The van der Waals surface area contributed by atoms with Gasteiger partial charge in [0.2, 0.25) is 0 Å². The van der Waals surface area contributed by atoms with Gasteiger partial charge in [0, 0.05) is 15.9 Å². The van der Waals surface area contributed by atoms with E-state index >= 15 is 0 Å². The summed E-state index contributed by atoms with van der Waals surface area (Å²) in [7, 11) is -3.26. The molecule has 0 fully saturated rings. The van der Waals surface area contributed by atoms with Crippen LogP contribution in [0.25, 0.3) is 0 Å². The molecule has 3 aromatic rings. The van der Waals surface area contributed by atoms with Gasteiger partial charge in [-0.3, -0.25) is 0 Å². The van der Waals surface area contributed by atoms with E-state index in [4.69, 9.17) is 0 Å². The number of fused-ring (bicyclic) bond motifs is 1. The fourth-order valence-electron chi connectivity index (χ4n) is 3.10. The number of benzene rings is 3. The minimum absolute atomic E-state index is 0.0218. The minimum atomic E-state index is -3.71.